The zero-order valence-electron chi connectivity index (χ0n) is 20.6. The molecule has 3 fully saturated rings. The van der Waals surface area contributed by atoms with Crippen LogP contribution in [-0.2, 0) is 4.74 Å². The van der Waals surface area contributed by atoms with E-state index >= 15 is 0 Å². The van der Waals surface area contributed by atoms with Gasteiger partial charge in [-0.25, -0.2) is 4.98 Å². The average Bonchev–Trinajstić information content (AvgIpc) is 3.49. The Labute approximate surface area is 226 Å². The number of rotatable bonds is 5. The summed E-state index contributed by atoms with van der Waals surface area (Å²) in [6, 6.07) is 5.20. The van der Waals surface area contributed by atoms with E-state index in [9.17, 15) is 31.5 Å². The van der Waals surface area contributed by atoms with Gasteiger partial charge in [-0.1, -0.05) is 0 Å². The van der Waals surface area contributed by atoms with Crippen LogP contribution in [0.4, 0.5) is 27.6 Å². The lowest BCUT2D eigenvalue weighted by molar-refractivity contribution is -0.317. The van der Waals surface area contributed by atoms with E-state index < -0.39 is 46.9 Å². The average molecular weight is 586 g/mol. The molecule has 2 amide bonds. The number of benzene rings is 2. The molecule has 1 aliphatic carbocycles. The van der Waals surface area contributed by atoms with Gasteiger partial charge in [-0.2, -0.15) is 13.2 Å². The molecule has 212 valence electrons. The van der Waals surface area contributed by atoms with E-state index in [1.165, 1.54) is 30.0 Å². The van der Waals surface area contributed by atoms with Gasteiger partial charge in [0.25, 0.3) is 11.8 Å². The zero-order valence-corrected chi connectivity index (χ0v) is 21.4. The molecule has 0 atom stereocenters. The molecule has 9 nitrogen and oxygen atoms in total. The lowest BCUT2D eigenvalue weighted by Gasteiger charge is -2.53. The van der Waals surface area contributed by atoms with Gasteiger partial charge in [0.05, 0.1) is 46.2 Å². The minimum atomic E-state index is -4.55. The first-order valence-electron chi connectivity index (χ1n) is 12.0. The molecule has 2 bridgehead atoms. The Balaban J connectivity index is 1.33. The number of alkyl halides is 5. The maximum absolute atomic E-state index is 13.8. The molecular weight excluding hydrogens is 565 g/mol. The third-order valence-electron chi connectivity index (χ3n) is 7.48. The van der Waals surface area contributed by atoms with E-state index in [1.807, 2.05) is 0 Å². The highest BCUT2D eigenvalue weighted by Gasteiger charge is 2.63. The van der Waals surface area contributed by atoms with Gasteiger partial charge in [-0.15, -0.1) is 20.1 Å². The van der Waals surface area contributed by atoms with Crippen molar-refractivity contribution in [2.45, 2.75) is 49.3 Å². The van der Waals surface area contributed by atoms with Crippen LogP contribution in [0.15, 0.2) is 29.8 Å². The number of nitrogens with one attached hydrogen (secondary N) is 2. The van der Waals surface area contributed by atoms with Crippen molar-refractivity contribution in [2.75, 3.05) is 19.0 Å². The van der Waals surface area contributed by atoms with Crippen molar-refractivity contribution < 1.29 is 50.5 Å². The summed E-state index contributed by atoms with van der Waals surface area (Å²) in [5.74, 6) is -2.22. The highest BCUT2D eigenvalue weighted by Crippen LogP contribution is 2.52. The summed E-state index contributed by atoms with van der Waals surface area (Å²) in [6.45, 7) is -0.382. The van der Waals surface area contributed by atoms with Crippen LogP contribution in [-0.4, -0.2) is 54.1 Å². The fourth-order valence-electron chi connectivity index (χ4n) is 5.30. The molecule has 2 saturated heterocycles. The monoisotopic (exact) mass is 585 g/mol. The number of thiazole rings is 1. The number of carbonyl (C=O) groups excluding carboxylic acids is 2. The van der Waals surface area contributed by atoms with Gasteiger partial charge in [-0.3, -0.25) is 9.59 Å². The predicted octanol–water partition coefficient (Wildman–Crippen LogP) is 5.25. The molecule has 0 spiro atoms. The number of halogens is 5. The molecule has 2 aromatic carbocycles. The highest BCUT2D eigenvalue weighted by atomic mass is 32.1. The molecule has 2 N–H and O–H groups in total. The van der Waals surface area contributed by atoms with E-state index in [0.29, 0.717) is 10.2 Å². The first kappa shape index (κ1) is 26.5. The molecule has 3 aromatic rings. The SMILES string of the molecule is COc1ccc2ncsc2c1C(=O)Nc1cc2c(cc1C(=O)NC13CCC(C(F)(F)F)(CC1)OC3)OC(F)(F)O2. The number of hydrogen-bond acceptors (Lipinski definition) is 8. The fraction of sp³-hybridized carbons (Fsp3) is 0.400. The topological polar surface area (TPSA) is 108 Å². The minimum Gasteiger partial charge on any atom is -0.496 e. The summed E-state index contributed by atoms with van der Waals surface area (Å²) in [5, 5.41) is 5.28. The summed E-state index contributed by atoms with van der Waals surface area (Å²) in [4.78, 5) is 31.1. The molecule has 0 radical (unpaired) electrons. The number of nitrogens with zero attached hydrogens (tertiary/aromatic N) is 1. The molecule has 40 heavy (non-hydrogen) atoms. The second-order valence-electron chi connectivity index (χ2n) is 9.82. The Hall–Kier alpha value is -3.72. The van der Waals surface area contributed by atoms with Crippen molar-refractivity contribution in [2.24, 2.45) is 0 Å². The van der Waals surface area contributed by atoms with Crippen LogP contribution in [0.5, 0.6) is 17.2 Å². The summed E-state index contributed by atoms with van der Waals surface area (Å²) in [6.07, 6.45) is -9.25. The third kappa shape index (κ3) is 4.27. The van der Waals surface area contributed by atoms with Gasteiger partial charge < -0.3 is 29.6 Å². The van der Waals surface area contributed by atoms with Crippen LogP contribution < -0.4 is 24.8 Å². The maximum Gasteiger partial charge on any atom is 0.586 e. The summed E-state index contributed by atoms with van der Waals surface area (Å²) < 4.78 is 88.3. The Morgan fingerprint density at radius 2 is 1.75 bits per heavy atom. The second kappa shape index (κ2) is 8.89. The quantitative estimate of drug-likeness (QED) is 0.394. The van der Waals surface area contributed by atoms with E-state index in [0.717, 1.165) is 12.1 Å². The summed E-state index contributed by atoms with van der Waals surface area (Å²) in [7, 11) is 1.36. The minimum absolute atomic E-state index is 0.00681. The smallest absolute Gasteiger partial charge is 0.496 e. The van der Waals surface area contributed by atoms with Gasteiger partial charge >= 0.3 is 12.5 Å². The number of fused-ring (bicyclic) bond motifs is 5. The van der Waals surface area contributed by atoms with Crippen molar-refractivity contribution in [3.63, 3.8) is 0 Å². The zero-order chi connectivity index (χ0) is 28.5. The normalized spacial score (nSPS) is 24.6. The number of methoxy groups -OCH3 is 1. The first-order chi connectivity index (χ1) is 18.8. The van der Waals surface area contributed by atoms with Gasteiger partial charge in [0.1, 0.15) is 11.3 Å². The predicted molar refractivity (Wildman–Crippen MR) is 130 cm³/mol. The number of ether oxygens (including phenoxy) is 4. The van der Waals surface area contributed by atoms with Crippen LogP contribution >= 0.6 is 11.3 Å². The second-order valence-corrected chi connectivity index (χ2v) is 10.7. The van der Waals surface area contributed by atoms with E-state index in [2.05, 4.69) is 25.1 Å². The van der Waals surface area contributed by atoms with Crippen molar-refractivity contribution >= 4 is 39.1 Å². The Morgan fingerprint density at radius 3 is 2.38 bits per heavy atom. The molecule has 7 rings (SSSR count). The van der Waals surface area contributed by atoms with Crippen LogP contribution in [0.3, 0.4) is 0 Å². The van der Waals surface area contributed by atoms with Crippen molar-refractivity contribution in [1.29, 1.82) is 0 Å². The molecular formula is C25H20F5N3O6S. The lowest BCUT2D eigenvalue weighted by Crippen LogP contribution is -2.66. The summed E-state index contributed by atoms with van der Waals surface area (Å²) >= 11 is 1.18. The summed E-state index contributed by atoms with van der Waals surface area (Å²) in [5.41, 5.74) is -1.67. The Morgan fingerprint density at radius 1 is 1.05 bits per heavy atom. The van der Waals surface area contributed by atoms with E-state index in [4.69, 9.17) is 9.47 Å². The lowest BCUT2D eigenvalue weighted by atomic mass is 9.70. The van der Waals surface area contributed by atoms with E-state index in [-0.39, 0.29) is 54.9 Å². The van der Waals surface area contributed by atoms with Crippen LogP contribution in [0.1, 0.15) is 46.4 Å². The van der Waals surface area contributed by atoms with E-state index in [1.54, 1.807) is 6.07 Å². The molecule has 1 saturated carbocycles. The molecule has 0 unspecified atom stereocenters. The molecule has 4 heterocycles. The highest BCUT2D eigenvalue weighted by molar-refractivity contribution is 7.17. The number of hydrogen-bond donors (Lipinski definition) is 2. The third-order valence-corrected chi connectivity index (χ3v) is 8.34. The largest absolute Gasteiger partial charge is 0.586 e. The fourth-order valence-corrected chi connectivity index (χ4v) is 6.12. The number of aromatic nitrogens is 1. The molecule has 4 aliphatic rings. The molecule has 3 aliphatic heterocycles. The molecule has 15 heteroatoms. The van der Waals surface area contributed by atoms with Crippen LogP contribution in [0.2, 0.25) is 0 Å². The van der Waals surface area contributed by atoms with Crippen molar-refractivity contribution in [1.82, 2.24) is 10.3 Å². The Bertz CT molecular complexity index is 1520. The van der Waals surface area contributed by atoms with Crippen molar-refractivity contribution in [3.8, 4) is 17.2 Å². The van der Waals surface area contributed by atoms with Gasteiger partial charge in [0.2, 0.25) is 0 Å². The van der Waals surface area contributed by atoms with Gasteiger partial charge in [-0.05, 0) is 43.9 Å². The van der Waals surface area contributed by atoms with Crippen LogP contribution in [0, 0.1) is 0 Å². The first-order valence-corrected chi connectivity index (χ1v) is 12.9. The molecule has 1 aromatic heterocycles. The number of carbonyl (C=O) groups is 2. The number of amides is 2. The van der Waals surface area contributed by atoms with Gasteiger partial charge in [0.15, 0.2) is 17.1 Å². The number of anilines is 1. The maximum atomic E-state index is 13.8. The van der Waals surface area contributed by atoms with Crippen molar-refractivity contribution in [3.05, 3.63) is 40.9 Å². The standard InChI is InChI=1S/C25H20F5N3O6S/c1-36-15-3-2-13-19(40-11-31-13)18(15)21(35)32-14-9-17-16(38-25(29,30)39-17)8-12(14)20(34)33-22-4-6-23(7-5-22,37-10-22)24(26,27)28/h2-3,8-9,11H,4-7,10H2,1H3,(H,32,35)(H,33,34). The van der Waals surface area contributed by atoms with Gasteiger partial charge in [0, 0.05) is 6.07 Å². The Kier molecular flexibility index (Phi) is 5.89. The van der Waals surface area contributed by atoms with Crippen LogP contribution in [0.25, 0.3) is 10.2 Å².